The van der Waals surface area contributed by atoms with Gasteiger partial charge in [0.25, 0.3) is 0 Å². The Labute approximate surface area is 205 Å². The highest BCUT2D eigenvalue weighted by Gasteiger charge is 2.38. The maximum Gasteiger partial charge on any atom is 0.441 e. The Bertz CT molecular complexity index is 1110. The maximum absolute atomic E-state index is 13.5. The van der Waals surface area contributed by atoms with E-state index in [9.17, 15) is 14.9 Å². The molecule has 8 nitrogen and oxygen atoms in total. The molecular weight excluding hydrogens is 450 g/mol. The fraction of sp³-hybridized carbons (Fsp3) is 0.600. The molecule has 0 unspecified atom stereocenters. The molecule has 1 saturated heterocycles. The largest absolute Gasteiger partial charge is 0.441 e. The van der Waals surface area contributed by atoms with Gasteiger partial charge < -0.3 is 20.0 Å². The van der Waals surface area contributed by atoms with E-state index in [-0.39, 0.29) is 10.7 Å². The number of likely N-dealkylation sites (tertiary alicyclic amines) is 1. The van der Waals surface area contributed by atoms with Crippen molar-refractivity contribution in [3.8, 4) is 6.07 Å². The van der Waals surface area contributed by atoms with Crippen molar-refractivity contribution in [1.29, 1.82) is 5.26 Å². The number of anilines is 1. The molecule has 2 heterocycles. The molecular formula is C25H35N5O3S. The smallest absolute Gasteiger partial charge is 0.408 e. The van der Waals surface area contributed by atoms with Crippen LogP contribution in [0.1, 0.15) is 52.5 Å². The monoisotopic (exact) mass is 485 g/mol. The van der Waals surface area contributed by atoms with Crippen LogP contribution in [0.4, 0.5) is 5.82 Å². The van der Waals surface area contributed by atoms with Crippen LogP contribution in [-0.2, 0) is 4.79 Å². The van der Waals surface area contributed by atoms with Crippen molar-refractivity contribution < 1.29 is 9.21 Å². The highest BCUT2D eigenvalue weighted by atomic mass is 32.2. The van der Waals surface area contributed by atoms with Crippen LogP contribution < -0.4 is 16.4 Å². The molecule has 1 amide bonds. The van der Waals surface area contributed by atoms with Crippen molar-refractivity contribution >= 4 is 34.5 Å². The molecule has 0 bridgehead atoms. The second-order valence-electron chi connectivity index (χ2n) is 9.97. The molecule has 1 aliphatic heterocycles. The second-order valence-corrected chi connectivity index (χ2v) is 11.8. The molecule has 3 rings (SSSR count). The number of rotatable bonds is 8. The molecule has 0 aliphatic carbocycles. The SMILES string of the molecule is CCCN1CCC(C#N)(NC(=O)[C@H](CSC(C)(C)C)Nc2nc(=O)oc3ccc(C)cc23)CC1. The van der Waals surface area contributed by atoms with Crippen LogP contribution in [0.2, 0.25) is 0 Å². The van der Waals surface area contributed by atoms with Crippen molar-refractivity contribution in [2.75, 3.05) is 30.7 Å². The van der Waals surface area contributed by atoms with E-state index in [0.29, 0.717) is 35.4 Å². The van der Waals surface area contributed by atoms with Gasteiger partial charge in [0, 0.05) is 23.6 Å². The fourth-order valence-electron chi connectivity index (χ4n) is 4.04. The number of carbonyl (C=O) groups excluding carboxylic acids is 1. The topological polar surface area (TPSA) is 111 Å². The van der Waals surface area contributed by atoms with E-state index in [4.69, 9.17) is 4.42 Å². The Hall–Kier alpha value is -2.57. The first kappa shape index (κ1) is 26.0. The summed E-state index contributed by atoms with van der Waals surface area (Å²) in [6.07, 6.45) is 2.24. The Kier molecular flexibility index (Phi) is 8.26. The minimum Gasteiger partial charge on any atom is -0.408 e. The van der Waals surface area contributed by atoms with E-state index in [0.717, 1.165) is 31.6 Å². The van der Waals surface area contributed by atoms with E-state index in [1.54, 1.807) is 17.8 Å². The highest BCUT2D eigenvalue weighted by Crippen LogP contribution is 2.28. The minimum absolute atomic E-state index is 0.0690. The van der Waals surface area contributed by atoms with Gasteiger partial charge in [0.05, 0.1) is 11.5 Å². The quantitative estimate of drug-likeness (QED) is 0.582. The molecule has 1 fully saturated rings. The molecule has 0 spiro atoms. The third kappa shape index (κ3) is 6.73. The predicted octanol–water partition coefficient (Wildman–Crippen LogP) is 3.69. The first-order valence-corrected chi connectivity index (χ1v) is 12.8. The van der Waals surface area contributed by atoms with Crippen molar-refractivity contribution in [2.24, 2.45) is 0 Å². The third-order valence-electron chi connectivity index (χ3n) is 5.93. The molecule has 0 saturated carbocycles. The lowest BCUT2D eigenvalue weighted by molar-refractivity contribution is -0.123. The number of aryl methyl sites for hydroxylation is 1. The number of carbonyl (C=O) groups is 1. The van der Waals surface area contributed by atoms with E-state index in [2.05, 4.69) is 54.3 Å². The molecule has 1 atom stereocenters. The Morgan fingerprint density at radius 1 is 1.35 bits per heavy atom. The molecule has 34 heavy (non-hydrogen) atoms. The first-order valence-electron chi connectivity index (χ1n) is 11.8. The van der Waals surface area contributed by atoms with Crippen LogP contribution in [0, 0.1) is 18.3 Å². The van der Waals surface area contributed by atoms with E-state index in [1.807, 2.05) is 19.1 Å². The van der Waals surface area contributed by atoms with Gasteiger partial charge in [-0.2, -0.15) is 22.0 Å². The van der Waals surface area contributed by atoms with Crippen LogP contribution in [0.25, 0.3) is 11.0 Å². The standard InChI is InChI=1S/C25H35N5O3S/c1-6-11-30-12-9-25(16-26,10-13-30)29-22(31)19(15-34-24(3,4)5)27-21-18-14-17(2)7-8-20(18)33-23(32)28-21/h7-8,14,19H,6,9-13,15H2,1-5H3,(H,29,31)(H,27,28,32)/t19-/m0/s1. The zero-order valence-corrected chi connectivity index (χ0v) is 21.6. The molecule has 1 aromatic carbocycles. The lowest BCUT2D eigenvalue weighted by atomic mass is 9.88. The van der Waals surface area contributed by atoms with Crippen molar-refractivity contribution in [2.45, 2.75) is 70.2 Å². The predicted molar refractivity (Wildman–Crippen MR) is 137 cm³/mol. The number of nitrogens with one attached hydrogen (secondary N) is 2. The van der Waals surface area contributed by atoms with E-state index < -0.39 is 17.3 Å². The average Bonchev–Trinajstić information content (AvgIpc) is 2.77. The summed E-state index contributed by atoms with van der Waals surface area (Å²) in [5, 5.41) is 16.9. The zero-order valence-electron chi connectivity index (χ0n) is 20.7. The Morgan fingerprint density at radius 2 is 2.06 bits per heavy atom. The number of amides is 1. The van der Waals surface area contributed by atoms with Crippen LogP contribution in [0.15, 0.2) is 27.4 Å². The van der Waals surface area contributed by atoms with Gasteiger partial charge in [-0.15, -0.1) is 0 Å². The van der Waals surface area contributed by atoms with Gasteiger partial charge in [-0.05, 0) is 44.9 Å². The summed E-state index contributed by atoms with van der Waals surface area (Å²) in [5.41, 5.74) is 0.501. The molecule has 2 N–H and O–H groups in total. The number of aromatic nitrogens is 1. The van der Waals surface area contributed by atoms with Crippen LogP contribution >= 0.6 is 11.8 Å². The van der Waals surface area contributed by atoms with Crippen LogP contribution in [-0.4, -0.2) is 57.5 Å². The number of thioether (sulfide) groups is 1. The lowest BCUT2D eigenvalue weighted by Crippen LogP contribution is -2.58. The van der Waals surface area contributed by atoms with Gasteiger partial charge in [-0.25, -0.2) is 4.79 Å². The number of nitrogens with zero attached hydrogens (tertiary/aromatic N) is 3. The lowest BCUT2D eigenvalue weighted by Gasteiger charge is -2.38. The summed E-state index contributed by atoms with van der Waals surface area (Å²) >= 11 is 1.63. The van der Waals surface area contributed by atoms with E-state index >= 15 is 0 Å². The first-order chi connectivity index (χ1) is 16.0. The van der Waals surface area contributed by atoms with Gasteiger partial charge >= 0.3 is 5.76 Å². The van der Waals surface area contributed by atoms with Crippen molar-refractivity contribution in [3.05, 3.63) is 34.3 Å². The second kappa shape index (κ2) is 10.8. The van der Waals surface area contributed by atoms with Gasteiger partial charge in [-0.1, -0.05) is 39.3 Å². The minimum atomic E-state index is -0.893. The average molecular weight is 486 g/mol. The van der Waals surface area contributed by atoms with Gasteiger partial charge in [0.2, 0.25) is 5.91 Å². The van der Waals surface area contributed by atoms with E-state index in [1.165, 1.54) is 0 Å². The Balaban J connectivity index is 1.86. The molecule has 0 radical (unpaired) electrons. The number of hydrogen-bond acceptors (Lipinski definition) is 8. The fourth-order valence-corrected chi connectivity index (χ4v) is 4.94. The summed E-state index contributed by atoms with van der Waals surface area (Å²) in [5.74, 6) is -0.224. The van der Waals surface area contributed by atoms with Crippen LogP contribution in [0.3, 0.4) is 0 Å². The number of piperidine rings is 1. The number of nitriles is 1. The molecule has 1 aliphatic rings. The van der Waals surface area contributed by atoms with Gasteiger partial charge in [0.1, 0.15) is 23.0 Å². The van der Waals surface area contributed by atoms with Crippen LogP contribution in [0.5, 0.6) is 0 Å². The number of fused-ring (bicyclic) bond motifs is 1. The summed E-state index contributed by atoms with van der Waals surface area (Å²) in [6, 6.07) is 7.16. The summed E-state index contributed by atoms with van der Waals surface area (Å²) in [6.45, 7) is 12.9. The number of hydrogen-bond donors (Lipinski definition) is 2. The normalized spacial score (nSPS) is 17.2. The molecule has 1 aromatic heterocycles. The summed E-state index contributed by atoms with van der Waals surface area (Å²) < 4.78 is 5.17. The summed E-state index contributed by atoms with van der Waals surface area (Å²) in [4.78, 5) is 32.0. The Morgan fingerprint density at radius 3 is 2.68 bits per heavy atom. The zero-order chi connectivity index (χ0) is 24.9. The highest BCUT2D eigenvalue weighted by molar-refractivity contribution is 8.00. The molecule has 184 valence electrons. The van der Waals surface area contributed by atoms with Gasteiger partial charge in [-0.3, -0.25) is 4.79 Å². The number of benzene rings is 1. The van der Waals surface area contributed by atoms with Gasteiger partial charge in [0.15, 0.2) is 0 Å². The molecule has 2 aromatic rings. The summed E-state index contributed by atoms with van der Waals surface area (Å²) in [7, 11) is 0. The maximum atomic E-state index is 13.5. The van der Waals surface area contributed by atoms with Crippen molar-refractivity contribution in [1.82, 2.24) is 15.2 Å². The van der Waals surface area contributed by atoms with Crippen molar-refractivity contribution in [3.63, 3.8) is 0 Å². The third-order valence-corrected chi connectivity index (χ3v) is 7.29. The molecule has 9 heteroatoms.